The Morgan fingerprint density at radius 1 is 1.53 bits per heavy atom. The maximum atomic E-state index is 9.26. The largest absolute Gasteiger partial charge is 0.297 e. The molecule has 0 bridgehead atoms. The Labute approximate surface area is 102 Å². The lowest BCUT2D eigenvalue weighted by molar-refractivity contribution is 0.376. The van der Waals surface area contributed by atoms with E-state index < -0.39 is 5.54 Å². The van der Waals surface area contributed by atoms with Gasteiger partial charge in [-0.05, 0) is 40.0 Å². The third kappa shape index (κ3) is 3.04. The average Bonchev–Trinajstić information content (AvgIpc) is 3.01. The molecular formula is C12H19N5. The summed E-state index contributed by atoms with van der Waals surface area (Å²) in [6.07, 6.45) is 3.14. The standard InChI is InChI=1S/C12H19N5/c1-9-14-10(2)17(16-9)7-6-12(3,8-13)15-11-4-5-11/h11,15H,4-7H2,1-3H3. The molecule has 2 rings (SSSR count). The SMILES string of the molecule is Cc1nc(C)n(CCC(C)(C#N)NC2CC2)n1. The van der Waals surface area contributed by atoms with Crippen LogP contribution in [-0.4, -0.2) is 26.3 Å². The Morgan fingerprint density at radius 2 is 2.24 bits per heavy atom. The van der Waals surface area contributed by atoms with Gasteiger partial charge in [-0.1, -0.05) is 0 Å². The van der Waals surface area contributed by atoms with Gasteiger partial charge in [0.05, 0.1) is 6.07 Å². The monoisotopic (exact) mass is 233 g/mol. The van der Waals surface area contributed by atoms with Crippen molar-refractivity contribution in [1.82, 2.24) is 20.1 Å². The minimum atomic E-state index is -0.451. The molecule has 1 aliphatic rings. The van der Waals surface area contributed by atoms with Gasteiger partial charge in [-0.2, -0.15) is 10.4 Å². The molecule has 1 atom stereocenters. The summed E-state index contributed by atoms with van der Waals surface area (Å²) in [6.45, 7) is 6.52. The van der Waals surface area contributed by atoms with E-state index in [2.05, 4.69) is 21.5 Å². The molecule has 92 valence electrons. The molecule has 1 aliphatic carbocycles. The molecule has 0 saturated heterocycles. The van der Waals surface area contributed by atoms with E-state index in [4.69, 9.17) is 0 Å². The number of aryl methyl sites for hydroxylation is 3. The number of hydrogen-bond acceptors (Lipinski definition) is 4. The maximum absolute atomic E-state index is 9.26. The molecule has 5 heteroatoms. The normalized spacial score (nSPS) is 18.7. The molecular weight excluding hydrogens is 214 g/mol. The first-order valence-corrected chi connectivity index (χ1v) is 6.09. The fourth-order valence-electron chi connectivity index (χ4n) is 1.94. The van der Waals surface area contributed by atoms with E-state index in [0.29, 0.717) is 6.04 Å². The molecule has 1 unspecified atom stereocenters. The van der Waals surface area contributed by atoms with Gasteiger partial charge in [0, 0.05) is 12.6 Å². The fourth-order valence-corrected chi connectivity index (χ4v) is 1.94. The Balaban J connectivity index is 1.95. The van der Waals surface area contributed by atoms with Crippen LogP contribution in [-0.2, 0) is 6.54 Å². The second-order valence-corrected chi connectivity index (χ2v) is 5.04. The summed E-state index contributed by atoms with van der Waals surface area (Å²) in [6, 6.07) is 2.91. The van der Waals surface area contributed by atoms with Crippen molar-refractivity contribution in [1.29, 1.82) is 5.26 Å². The number of nitrogens with zero attached hydrogens (tertiary/aromatic N) is 4. The third-order valence-corrected chi connectivity index (χ3v) is 3.13. The van der Waals surface area contributed by atoms with Crippen LogP contribution in [0.15, 0.2) is 0 Å². The van der Waals surface area contributed by atoms with Gasteiger partial charge in [-0.25, -0.2) is 4.98 Å². The molecule has 17 heavy (non-hydrogen) atoms. The van der Waals surface area contributed by atoms with Gasteiger partial charge in [0.1, 0.15) is 17.2 Å². The van der Waals surface area contributed by atoms with Crippen LogP contribution in [0.3, 0.4) is 0 Å². The van der Waals surface area contributed by atoms with Gasteiger partial charge < -0.3 is 0 Å². The first kappa shape index (κ1) is 12.1. The van der Waals surface area contributed by atoms with Crippen molar-refractivity contribution in [2.45, 2.75) is 58.2 Å². The van der Waals surface area contributed by atoms with Gasteiger partial charge >= 0.3 is 0 Å². The van der Waals surface area contributed by atoms with E-state index in [1.54, 1.807) is 0 Å². The predicted octanol–water partition coefficient (Wildman–Crippen LogP) is 1.32. The van der Waals surface area contributed by atoms with E-state index in [0.717, 1.165) is 24.6 Å². The Morgan fingerprint density at radius 3 is 2.71 bits per heavy atom. The average molecular weight is 233 g/mol. The number of rotatable bonds is 5. The van der Waals surface area contributed by atoms with Crippen LogP contribution >= 0.6 is 0 Å². The van der Waals surface area contributed by atoms with Gasteiger partial charge in [-0.15, -0.1) is 0 Å². The lowest BCUT2D eigenvalue weighted by Crippen LogP contribution is -2.43. The summed E-state index contributed by atoms with van der Waals surface area (Å²) in [7, 11) is 0. The topological polar surface area (TPSA) is 66.5 Å². The summed E-state index contributed by atoms with van der Waals surface area (Å²) < 4.78 is 1.87. The quantitative estimate of drug-likeness (QED) is 0.833. The number of nitriles is 1. The number of nitrogens with one attached hydrogen (secondary N) is 1. The number of hydrogen-bond donors (Lipinski definition) is 1. The van der Waals surface area contributed by atoms with Crippen LogP contribution in [0.4, 0.5) is 0 Å². The van der Waals surface area contributed by atoms with Crippen molar-refractivity contribution in [2.75, 3.05) is 0 Å². The van der Waals surface area contributed by atoms with Crippen molar-refractivity contribution < 1.29 is 0 Å². The molecule has 1 saturated carbocycles. The van der Waals surface area contributed by atoms with Crippen molar-refractivity contribution in [3.63, 3.8) is 0 Å². The highest BCUT2D eigenvalue weighted by Gasteiger charge is 2.32. The van der Waals surface area contributed by atoms with Crippen LogP contribution in [0.2, 0.25) is 0 Å². The highest BCUT2D eigenvalue weighted by Crippen LogP contribution is 2.24. The van der Waals surface area contributed by atoms with E-state index in [1.807, 2.05) is 25.5 Å². The van der Waals surface area contributed by atoms with Crippen molar-refractivity contribution in [3.8, 4) is 6.07 Å². The summed E-state index contributed by atoms with van der Waals surface area (Å²) >= 11 is 0. The molecule has 0 aromatic carbocycles. The van der Waals surface area contributed by atoms with E-state index in [1.165, 1.54) is 12.8 Å². The fraction of sp³-hybridized carbons (Fsp3) is 0.750. The zero-order valence-electron chi connectivity index (χ0n) is 10.7. The van der Waals surface area contributed by atoms with E-state index >= 15 is 0 Å². The zero-order chi connectivity index (χ0) is 12.5. The van der Waals surface area contributed by atoms with E-state index in [9.17, 15) is 5.26 Å². The van der Waals surface area contributed by atoms with Gasteiger partial charge in [0.15, 0.2) is 0 Å². The molecule has 0 radical (unpaired) electrons. The second-order valence-electron chi connectivity index (χ2n) is 5.04. The van der Waals surface area contributed by atoms with Crippen LogP contribution in [0.1, 0.15) is 37.8 Å². The van der Waals surface area contributed by atoms with Gasteiger partial charge in [-0.3, -0.25) is 10.00 Å². The smallest absolute Gasteiger partial charge is 0.147 e. The minimum Gasteiger partial charge on any atom is -0.297 e. The molecule has 1 aromatic rings. The van der Waals surface area contributed by atoms with Crippen LogP contribution in [0.25, 0.3) is 0 Å². The highest BCUT2D eigenvalue weighted by atomic mass is 15.3. The van der Waals surface area contributed by atoms with Crippen molar-refractivity contribution in [2.24, 2.45) is 0 Å². The second kappa shape index (κ2) is 4.46. The summed E-state index contributed by atoms with van der Waals surface area (Å²) in [4.78, 5) is 4.26. The molecule has 0 spiro atoms. The maximum Gasteiger partial charge on any atom is 0.147 e. The first-order valence-electron chi connectivity index (χ1n) is 6.09. The molecule has 1 heterocycles. The Hall–Kier alpha value is -1.41. The Kier molecular flexibility index (Phi) is 3.16. The molecule has 1 fully saturated rings. The van der Waals surface area contributed by atoms with Crippen LogP contribution in [0.5, 0.6) is 0 Å². The summed E-state index contributed by atoms with van der Waals surface area (Å²) in [5.74, 6) is 1.70. The molecule has 0 aliphatic heterocycles. The van der Waals surface area contributed by atoms with Gasteiger partial charge in [0.2, 0.25) is 0 Å². The predicted molar refractivity (Wildman–Crippen MR) is 64.3 cm³/mol. The lowest BCUT2D eigenvalue weighted by Gasteiger charge is -2.23. The third-order valence-electron chi connectivity index (χ3n) is 3.13. The molecule has 0 amide bonds. The van der Waals surface area contributed by atoms with Crippen molar-refractivity contribution in [3.05, 3.63) is 11.6 Å². The summed E-state index contributed by atoms with van der Waals surface area (Å²) in [5.41, 5.74) is -0.451. The van der Waals surface area contributed by atoms with E-state index in [-0.39, 0.29) is 0 Å². The molecule has 1 aromatic heterocycles. The molecule has 1 N–H and O–H groups in total. The summed E-state index contributed by atoms with van der Waals surface area (Å²) in [5, 5.41) is 17.0. The Bertz CT molecular complexity index is 440. The minimum absolute atomic E-state index is 0.451. The number of aromatic nitrogens is 3. The van der Waals surface area contributed by atoms with Crippen LogP contribution < -0.4 is 5.32 Å². The zero-order valence-corrected chi connectivity index (χ0v) is 10.7. The highest BCUT2D eigenvalue weighted by molar-refractivity contribution is 5.07. The first-order chi connectivity index (χ1) is 8.02. The van der Waals surface area contributed by atoms with Gasteiger partial charge in [0.25, 0.3) is 0 Å². The lowest BCUT2D eigenvalue weighted by atomic mass is 10.00. The van der Waals surface area contributed by atoms with Crippen molar-refractivity contribution >= 4 is 0 Å². The van der Waals surface area contributed by atoms with Crippen LogP contribution in [0, 0.1) is 25.2 Å². The molecule has 5 nitrogen and oxygen atoms in total.